The monoisotopic (exact) mass is 418 g/mol. The molecular formula is C20H26N4O2S2. The smallest absolute Gasteiger partial charge is 0.161 e. The Balaban J connectivity index is 1.94. The van der Waals surface area contributed by atoms with Gasteiger partial charge in [-0.15, -0.1) is 33.3 Å². The van der Waals surface area contributed by atoms with Crippen LogP contribution in [-0.4, -0.2) is 59.7 Å². The number of aromatic nitrogens is 3. The molecule has 0 bridgehead atoms. The number of ether oxygens (including phenoxy) is 2. The maximum absolute atomic E-state index is 5.44. The summed E-state index contributed by atoms with van der Waals surface area (Å²) in [5, 5.41) is 11.0. The van der Waals surface area contributed by atoms with Crippen molar-refractivity contribution in [1.82, 2.24) is 20.1 Å². The number of thioether (sulfide) groups is 1. The van der Waals surface area contributed by atoms with Crippen LogP contribution < -0.4 is 9.47 Å². The third kappa shape index (κ3) is 4.39. The highest BCUT2D eigenvalue weighted by molar-refractivity contribution is 7.99. The van der Waals surface area contributed by atoms with Crippen LogP contribution in [0.4, 0.5) is 0 Å². The molecule has 1 aromatic carbocycles. The molecule has 0 amide bonds. The number of benzene rings is 1. The molecular weight excluding hydrogens is 392 g/mol. The van der Waals surface area contributed by atoms with E-state index in [2.05, 4.69) is 28.9 Å². The van der Waals surface area contributed by atoms with E-state index in [4.69, 9.17) is 14.5 Å². The van der Waals surface area contributed by atoms with Crippen molar-refractivity contribution in [3.63, 3.8) is 0 Å². The number of aryl methyl sites for hydroxylation is 1. The molecule has 2 heterocycles. The lowest BCUT2D eigenvalue weighted by Gasteiger charge is -2.17. The highest BCUT2D eigenvalue weighted by atomic mass is 32.2. The molecule has 0 N–H and O–H groups in total. The zero-order valence-corrected chi connectivity index (χ0v) is 18.6. The SMILES string of the molecule is CCN(CC)CCSc1nnc(-c2ccc(OC)c(OC)c2)c2sc(C)nc12. The molecule has 0 spiro atoms. The second-order valence-electron chi connectivity index (χ2n) is 6.21. The summed E-state index contributed by atoms with van der Waals surface area (Å²) in [5.41, 5.74) is 2.71. The topological polar surface area (TPSA) is 60.4 Å². The maximum atomic E-state index is 5.44. The van der Waals surface area contributed by atoms with E-state index < -0.39 is 0 Å². The van der Waals surface area contributed by atoms with Crippen molar-refractivity contribution >= 4 is 33.3 Å². The lowest BCUT2D eigenvalue weighted by molar-refractivity contribution is 0.324. The fourth-order valence-corrected chi connectivity index (χ4v) is 4.92. The van der Waals surface area contributed by atoms with E-state index >= 15 is 0 Å². The summed E-state index contributed by atoms with van der Waals surface area (Å²) in [6.45, 7) is 9.55. The van der Waals surface area contributed by atoms with Gasteiger partial charge in [0.15, 0.2) is 11.5 Å². The Bertz CT molecular complexity index is 941. The predicted octanol–water partition coefficient (Wildman–Crippen LogP) is 4.51. The third-order valence-electron chi connectivity index (χ3n) is 4.59. The van der Waals surface area contributed by atoms with Gasteiger partial charge in [-0.2, -0.15) is 0 Å². The maximum Gasteiger partial charge on any atom is 0.161 e. The largest absolute Gasteiger partial charge is 0.493 e. The molecule has 3 rings (SSSR count). The standard InChI is InChI=1S/C20H26N4O2S2/c1-6-24(7-2)10-11-27-20-18-19(28-13(3)21-18)17(22-23-20)14-8-9-15(25-4)16(12-14)26-5/h8-9,12H,6-7,10-11H2,1-5H3. The Morgan fingerprint density at radius 1 is 1.07 bits per heavy atom. The van der Waals surface area contributed by atoms with Crippen LogP contribution in [0.25, 0.3) is 21.5 Å². The first-order chi connectivity index (χ1) is 13.6. The van der Waals surface area contributed by atoms with Crippen LogP contribution in [0.2, 0.25) is 0 Å². The number of rotatable bonds is 9. The van der Waals surface area contributed by atoms with Crippen molar-refractivity contribution in [3.05, 3.63) is 23.2 Å². The van der Waals surface area contributed by atoms with Gasteiger partial charge in [-0.25, -0.2) is 4.98 Å². The van der Waals surface area contributed by atoms with E-state index in [1.54, 1.807) is 37.3 Å². The molecule has 6 nitrogen and oxygen atoms in total. The Hall–Kier alpha value is -1.90. The van der Waals surface area contributed by atoms with Crippen LogP contribution >= 0.6 is 23.1 Å². The van der Waals surface area contributed by atoms with Crippen molar-refractivity contribution in [2.75, 3.05) is 39.6 Å². The van der Waals surface area contributed by atoms with Gasteiger partial charge in [0.05, 0.1) is 23.9 Å². The molecule has 0 saturated carbocycles. The van der Waals surface area contributed by atoms with E-state index in [1.807, 2.05) is 25.1 Å². The predicted molar refractivity (Wildman–Crippen MR) is 117 cm³/mol. The summed E-state index contributed by atoms with van der Waals surface area (Å²) >= 11 is 3.37. The zero-order chi connectivity index (χ0) is 20.1. The van der Waals surface area contributed by atoms with Gasteiger partial charge in [0.1, 0.15) is 16.2 Å². The Labute approximate surface area is 174 Å². The molecule has 0 unspecified atom stereocenters. The van der Waals surface area contributed by atoms with Gasteiger partial charge >= 0.3 is 0 Å². The summed E-state index contributed by atoms with van der Waals surface area (Å²) in [4.78, 5) is 7.14. The lowest BCUT2D eigenvalue weighted by atomic mass is 10.1. The van der Waals surface area contributed by atoms with Gasteiger partial charge in [-0.1, -0.05) is 13.8 Å². The average Bonchev–Trinajstić information content (AvgIpc) is 3.12. The van der Waals surface area contributed by atoms with E-state index in [0.29, 0.717) is 11.5 Å². The van der Waals surface area contributed by atoms with E-state index in [0.717, 1.165) is 56.9 Å². The highest BCUT2D eigenvalue weighted by Crippen LogP contribution is 2.38. The first-order valence-electron chi connectivity index (χ1n) is 9.32. The number of methoxy groups -OCH3 is 2. The summed E-state index contributed by atoms with van der Waals surface area (Å²) in [5.74, 6) is 2.34. The molecule has 2 aromatic heterocycles. The van der Waals surface area contributed by atoms with Crippen LogP contribution in [-0.2, 0) is 0 Å². The van der Waals surface area contributed by atoms with Crippen LogP contribution in [0.5, 0.6) is 11.5 Å². The van der Waals surface area contributed by atoms with Crippen LogP contribution in [0.1, 0.15) is 18.9 Å². The van der Waals surface area contributed by atoms with E-state index in [9.17, 15) is 0 Å². The number of hydrogen-bond acceptors (Lipinski definition) is 8. The molecule has 0 radical (unpaired) electrons. The third-order valence-corrected chi connectivity index (χ3v) is 6.50. The van der Waals surface area contributed by atoms with Gasteiger partial charge in [-0.05, 0) is 38.2 Å². The first kappa shape index (κ1) is 20.8. The normalized spacial score (nSPS) is 11.4. The summed E-state index contributed by atoms with van der Waals surface area (Å²) in [7, 11) is 3.27. The quantitative estimate of drug-likeness (QED) is 0.474. The highest BCUT2D eigenvalue weighted by Gasteiger charge is 2.17. The number of thiazole rings is 1. The number of fused-ring (bicyclic) bond motifs is 1. The fourth-order valence-electron chi connectivity index (χ4n) is 3.00. The average molecular weight is 419 g/mol. The molecule has 28 heavy (non-hydrogen) atoms. The Morgan fingerprint density at radius 3 is 2.50 bits per heavy atom. The van der Waals surface area contributed by atoms with E-state index in [1.165, 1.54) is 0 Å². The van der Waals surface area contributed by atoms with Crippen LogP contribution in [0.3, 0.4) is 0 Å². The Kier molecular flexibility index (Phi) is 7.09. The van der Waals surface area contributed by atoms with Gasteiger partial charge in [-0.3, -0.25) is 0 Å². The molecule has 3 aromatic rings. The van der Waals surface area contributed by atoms with Crippen molar-refractivity contribution in [2.45, 2.75) is 25.8 Å². The van der Waals surface area contributed by atoms with Gasteiger partial charge < -0.3 is 14.4 Å². The van der Waals surface area contributed by atoms with Crippen molar-refractivity contribution < 1.29 is 9.47 Å². The van der Waals surface area contributed by atoms with Crippen LogP contribution in [0.15, 0.2) is 23.2 Å². The van der Waals surface area contributed by atoms with E-state index in [-0.39, 0.29) is 0 Å². The minimum absolute atomic E-state index is 0.675. The molecule has 150 valence electrons. The number of nitrogens with zero attached hydrogens (tertiary/aromatic N) is 4. The van der Waals surface area contributed by atoms with Crippen molar-refractivity contribution in [3.8, 4) is 22.8 Å². The van der Waals surface area contributed by atoms with Crippen molar-refractivity contribution in [2.24, 2.45) is 0 Å². The molecule has 0 fully saturated rings. The first-order valence-corrected chi connectivity index (χ1v) is 11.1. The summed E-state index contributed by atoms with van der Waals surface area (Å²) < 4.78 is 11.8. The Morgan fingerprint density at radius 2 is 1.82 bits per heavy atom. The van der Waals surface area contributed by atoms with Crippen molar-refractivity contribution in [1.29, 1.82) is 0 Å². The summed E-state index contributed by atoms with van der Waals surface area (Å²) in [6, 6.07) is 5.81. The zero-order valence-electron chi connectivity index (χ0n) is 17.0. The molecule has 0 aliphatic carbocycles. The molecule has 0 saturated heterocycles. The van der Waals surface area contributed by atoms with Gasteiger partial charge in [0, 0.05) is 17.9 Å². The summed E-state index contributed by atoms with van der Waals surface area (Å²) in [6.07, 6.45) is 0. The number of hydrogen-bond donors (Lipinski definition) is 0. The van der Waals surface area contributed by atoms with Gasteiger partial charge in [0.2, 0.25) is 0 Å². The molecule has 8 heteroatoms. The molecule has 0 aliphatic rings. The molecule has 0 aliphatic heterocycles. The second kappa shape index (κ2) is 9.54. The minimum atomic E-state index is 0.675. The second-order valence-corrected chi connectivity index (χ2v) is 8.50. The lowest BCUT2D eigenvalue weighted by Crippen LogP contribution is -2.25. The molecule has 0 atom stereocenters. The fraction of sp³-hybridized carbons (Fsp3) is 0.450. The minimum Gasteiger partial charge on any atom is -0.493 e. The van der Waals surface area contributed by atoms with Gasteiger partial charge in [0.25, 0.3) is 0 Å². The van der Waals surface area contributed by atoms with Crippen LogP contribution in [0, 0.1) is 6.92 Å².